The minimum atomic E-state index is -0.521. The Morgan fingerprint density at radius 3 is 1.73 bits per heavy atom. The molecular formula is C8H14Cl2O. The van der Waals surface area contributed by atoms with Crippen LogP contribution in [0.4, 0.5) is 0 Å². The summed E-state index contributed by atoms with van der Waals surface area (Å²) in [5, 5.41) is -0.328. The van der Waals surface area contributed by atoms with Crippen LogP contribution in [0.25, 0.3) is 0 Å². The molecular weight excluding hydrogens is 183 g/mol. The fourth-order valence-corrected chi connectivity index (χ4v) is 1.52. The van der Waals surface area contributed by atoms with Crippen molar-refractivity contribution in [3.05, 3.63) is 0 Å². The van der Waals surface area contributed by atoms with Crippen molar-refractivity contribution in [2.45, 2.75) is 39.0 Å². The van der Waals surface area contributed by atoms with Gasteiger partial charge in [0.2, 0.25) is 5.24 Å². The average Bonchev–Trinajstić information content (AvgIpc) is 1.56. The molecule has 0 heterocycles. The summed E-state index contributed by atoms with van der Waals surface area (Å²) in [6, 6.07) is 0. The van der Waals surface area contributed by atoms with E-state index in [1.165, 1.54) is 0 Å². The van der Waals surface area contributed by atoms with Crippen LogP contribution in [0.15, 0.2) is 0 Å². The first-order chi connectivity index (χ1) is 4.65. The Morgan fingerprint density at radius 2 is 1.64 bits per heavy atom. The standard InChI is InChI=1S/C8H14Cl2O/c1-7(2,6(9)11)5-8(3,4)10/h5H2,1-4H3. The Balaban J connectivity index is 4.25. The number of hydrogen-bond acceptors (Lipinski definition) is 1. The van der Waals surface area contributed by atoms with Crippen LogP contribution in [0.1, 0.15) is 34.1 Å². The lowest BCUT2D eigenvalue weighted by Gasteiger charge is -2.26. The van der Waals surface area contributed by atoms with Crippen LogP contribution in [0, 0.1) is 5.41 Å². The third-order valence-corrected chi connectivity index (χ3v) is 2.04. The van der Waals surface area contributed by atoms with Crippen LogP contribution >= 0.6 is 23.2 Å². The third-order valence-electron chi connectivity index (χ3n) is 1.39. The van der Waals surface area contributed by atoms with Gasteiger partial charge in [-0.3, -0.25) is 4.79 Å². The quantitative estimate of drug-likeness (QED) is 0.501. The van der Waals surface area contributed by atoms with Crippen LogP contribution in [-0.4, -0.2) is 10.1 Å². The summed E-state index contributed by atoms with van der Waals surface area (Å²) in [5.74, 6) is 0. The van der Waals surface area contributed by atoms with E-state index in [2.05, 4.69) is 0 Å². The van der Waals surface area contributed by atoms with Crippen molar-refractivity contribution in [2.24, 2.45) is 5.41 Å². The number of carbonyl (C=O) groups is 1. The van der Waals surface area contributed by atoms with Crippen LogP contribution in [0.5, 0.6) is 0 Å². The molecule has 66 valence electrons. The highest BCUT2D eigenvalue weighted by atomic mass is 35.5. The summed E-state index contributed by atoms with van der Waals surface area (Å²) in [5.41, 5.74) is -0.521. The minimum absolute atomic E-state index is 0.328. The Hall–Kier alpha value is 0.250. The highest BCUT2D eigenvalue weighted by Gasteiger charge is 2.32. The first kappa shape index (κ1) is 11.2. The van der Waals surface area contributed by atoms with Gasteiger partial charge in [0.25, 0.3) is 0 Å². The topological polar surface area (TPSA) is 17.1 Å². The second kappa shape index (κ2) is 3.32. The summed E-state index contributed by atoms with van der Waals surface area (Å²) in [6.45, 7) is 7.34. The molecule has 0 aliphatic carbocycles. The highest BCUT2D eigenvalue weighted by molar-refractivity contribution is 6.64. The lowest BCUT2D eigenvalue weighted by Crippen LogP contribution is -2.28. The smallest absolute Gasteiger partial charge is 0.227 e. The molecule has 0 aromatic heterocycles. The molecule has 0 spiro atoms. The number of carbonyl (C=O) groups excluding carboxylic acids is 1. The SMILES string of the molecule is CC(C)(Cl)CC(C)(C)C(=O)Cl. The van der Waals surface area contributed by atoms with Crippen molar-refractivity contribution >= 4 is 28.4 Å². The predicted octanol–water partition coefficient (Wildman–Crippen LogP) is 3.19. The van der Waals surface area contributed by atoms with E-state index in [-0.39, 0.29) is 10.1 Å². The number of hydrogen-bond donors (Lipinski definition) is 0. The minimum Gasteiger partial charge on any atom is -0.281 e. The van der Waals surface area contributed by atoms with E-state index in [1.54, 1.807) is 13.8 Å². The van der Waals surface area contributed by atoms with Crippen LogP contribution < -0.4 is 0 Å². The van der Waals surface area contributed by atoms with Crippen LogP contribution in [0.2, 0.25) is 0 Å². The van der Waals surface area contributed by atoms with Gasteiger partial charge in [-0.1, -0.05) is 13.8 Å². The molecule has 11 heavy (non-hydrogen) atoms. The van der Waals surface area contributed by atoms with E-state index < -0.39 is 5.41 Å². The maximum Gasteiger partial charge on any atom is 0.227 e. The Bertz CT molecular complexity index is 156. The second-order valence-electron chi connectivity index (χ2n) is 4.05. The molecule has 0 atom stereocenters. The summed E-state index contributed by atoms with van der Waals surface area (Å²) < 4.78 is 0. The molecule has 0 saturated heterocycles. The Labute approximate surface area is 78.1 Å². The predicted molar refractivity (Wildman–Crippen MR) is 49.2 cm³/mol. The van der Waals surface area contributed by atoms with Gasteiger partial charge in [0.05, 0.1) is 0 Å². The lowest BCUT2D eigenvalue weighted by atomic mass is 9.85. The number of alkyl halides is 1. The van der Waals surface area contributed by atoms with E-state index in [1.807, 2.05) is 13.8 Å². The monoisotopic (exact) mass is 196 g/mol. The third kappa shape index (κ3) is 4.65. The molecule has 0 aliphatic heterocycles. The maximum absolute atomic E-state index is 10.8. The fraction of sp³-hybridized carbons (Fsp3) is 0.875. The molecule has 0 fully saturated rings. The van der Waals surface area contributed by atoms with Crippen molar-refractivity contribution in [1.82, 2.24) is 0 Å². The van der Waals surface area contributed by atoms with Gasteiger partial charge in [0.15, 0.2) is 0 Å². The van der Waals surface area contributed by atoms with Gasteiger partial charge in [-0.2, -0.15) is 0 Å². The zero-order chi connectivity index (χ0) is 9.28. The lowest BCUT2D eigenvalue weighted by molar-refractivity contribution is -0.119. The molecule has 3 heteroatoms. The van der Waals surface area contributed by atoms with E-state index in [0.29, 0.717) is 6.42 Å². The summed E-state index contributed by atoms with van der Waals surface area (Å²) in [6.07, 6.45) is 0.587. The Kier molecular flexibility index (Phi) is 3.40. The number of halogens is 2. The van der Waals surface area contributed by atoms with E-state index in [0.717, 1.165) is 0 Å². The van der Waals surface area contributed by atoms with Crippen molar-refractivity contribution in [3.63, 3.8) is 0 Å². The van der Waals surface area contributed by atoms with Crippen molar-refractivity contribution in [3.8, 4) is 0 Å². The van der Waals surface area contributed by atoms with Crippen LogP contribution in [-0.2, 0) is 4.79 Å². The molecule has 0 amide bonds. The summed E-state index contributed by atoms with van der Waals surface area (Å²) in [4.78, 5) is 10.5. The molecule has 0 radical (unpaired) electrons. The van der Waals surface area contributed by atoms with Crippen molar-refractivity contribution in [2.75, 3.05) is 0 Å². The largest absolute Gasteiger partial charge is 0.281 e. The molecule has 0 rings (SSSR count). The first-order valence-corrected chi connectivity index (χ1v) is 4.30. The molecule has 0 unspecified atom stereocenters. The Morgan fingerprint density at radius 1 is 1.27 bits per heavy atom. The maximum atomic E-state index is 10.8. The molecule has 0 aliphatic rings. The zero-order valence-corrected chi connectivity index (χ0v) is 8.88. The normalized spacial score (nSPS) is 13.3. The average molecular weight is 197 g/mol. The van der Waals surface area contributed by atoms with Gasteiger partial charge in [0.1, 0.15) is 0 Å². The van der Waals surface area contributed by atoms with E-state index in [4.69, 9.17) is 23.2 Å². The summed E-state index contributed by atoms with van der Waals surface area (Å²) >= 11 is 11.3. The second-order valence-corrected chi connectivity index (χ2v) is 5.42. The zero-order valence-electron chi connectivity index (χ0n) is 7.37. The van der Waals surface area contributed by atoms with Gasteiger partial charge in [0, 0.05) is 10.3 Å². The molecule has 0 bridgehead atoms. The van der Waals surface area contributed by atoms with Gasteiger partial charge < -0.3 is 0 Å². The molecule has 1 nitrogen and oxygen atoms in total. The molecule has 0 N–H and O–H groups in total. The van der Waals surface area contributed by atoms with Gasteiger partial charge >= 0.3 is 0 Å². The van der Waals surface area contributed by atoms with E-state index >= 15 is 0 Å². The van der Waals surface area contributed by atoms with Crippen molar-refractivity contribution < 1.29 is 4.79 Å². The van der Waals surface area contributed by atoms with Crippen molar-refractivity contribution in [1.29, 1.82) is 0 Å². The highest BCUT2D eigenvalue weighted by Crippen LogP contribution is 2.33. The fourth-order valence-electron chi connectivity index (χ4n) is 1.12. The van der Waals surface area contributed by atoms with E-state index in [9.17, 15) is 4.79 Å². The van der Waals surface area contributed by atoms with Gasteiger partial charge in [-0.15, -0.1) is 11.6 Å². The van der Waals surface area contributed by atoms with Gasteiger partial charge in [-0.25, -0.2) is 0 Å². The summed E-state index contributed by atoms with van der Waals surface area (Å²) in [7, 11) is 0. The molecule has 0 saturated carbocycles. The molecule has 0 aromatic rings. The molecule has 0 aromatic carbocycles. The first-order valence-electron chi connectivity index (χ1n) is 3.54. The van der Waals surface area contributed by atoms with Gasteiger partial charge in [-0.05, 0) is 31.9 Å². The van der Waals surface area contributed by atoms with Crippen LogP contribution in [0.3, 0.4) is 0 Å². The number of rotatable bonds is 3.